The molecule has 2 rings (SSSR count). The second-order valence-electron chi connectivity index (χ2n) is 4.11. The first kappa shape index (κ1) is 13.9. The van der Waals surface area contributed by atoms with Crippen LogP contribution in [0.1, 0.15) is 11.7 Å². The van der Waals surface area contributed by atoms with E-state index in [0.29, 0.717) is 5.75 Å². The summed E-state index contributed by atoms with van der Waals surface area (Å²) < 4.78 is 15.6. The van der Waals surface area contributed by atoms with Gasteiger partial charge in [0.1, 0.15) is 11.5 Å². The number of hydrogen-bond donors (Lipinski definition) is 0. The Morgan fingerprint density at radius 2 is 1.50 bits per heavy atom. The first-order valence-corrected chi connectivity index (χ1v) is 6.18. The van der Waals surface area contributed by atoms with Gasteiger partial charge in [-0.3, -0.25) is 0 Å². The molecule has 0 fully saturated rings. The van der Waals surface area contributed by atoms with E-state index in [2.05, 4.69) is 0 Å². The summed E-state index contributed by atoms with van der Waals surface area (Å²) in [5.41, 5.74) is 0.746. The van der Waals surface area contributed by atoms with Crippen molar-refractivity contribution < 1.29 is 19.0 Å². The van der Waals surface area contributed by atoms with Crippen LogP contribution in [0.5, 0.6) is 11.5 Å². The van der Waals surface area contributed by atoms with E-state index in [4.69, 9.17) is 14.2 Å². The molecule has 0 amide bonds. The highest BCUT2D eigenvalue weighted by Crippen LogP contribution is 2.25. The third-order valence-corrected chi connectivity index (χ3v) is 2.83. The van der Waals surface area contributed by atoms with Gasteiger partial charge in [0.2, 0.25) is 6.10 Å². The van der Waals surface area contributed by atoms with E-state index in [0.717, 1.165) is 11.3 Å². The topological polar surface area (TPSA) is 44.8 Å². The second kappa shape index (κ2) is 6.61. The third kappa shape index (κ3) is 3.29. The number of benzene rings is 2. The molecule has 104 valence electrons. The SMILES string of the molecule is COC(=O)C(Oc1ccc(OC)cc1)c1ccccc1. The Balaban J connectivity index is 2.21. The Labute approximate surface area is 117 Å². The van der Waals surface area contributed by atoms with Crippen LogP contribution in [0.2, 0.25) is 0 Å². The number of esters is 1. The summed E-state index contributed by atoms with van der Waals surface area (Å²) in [6.07, 6.45) is -0.783. The fourth-order valence-corrected chi connectivity index (χ4v) is 1.78. The normalized spacial score (nSPS) is 11.5. The van der Waals surface area contributed by atoms with E-state index in [1.165, 1.54) is 7.11 Å². The summed E-state index contributed by atoms with van der Waals surface area (Å²) in [6, 6.07) is 16.3. The molecule has 1 atom stereocenters. The zero-order chi connectivity index (χ0) is 14.4. The van der Waals surface area contributed by atoms with Crippen LogP contribution < -0.4 is 9.47 Å². The Kier molecular flexibility index (Phi) is 4.60. The van der Waals surface area contributed by atoms with Gasteiger partial charge in [-0.2, -0.15) is 0 Å². The van der Waals surface area contributed by atoms with Crippen LogP contribution >= 0.6 is 0 Å². The summed E-state index contributed by atoms with van der Waals surface area (Å²) in [6.45, 7) is 0. The second-order valence-corrected chi connectivity index (χ2v) is 4.11. The van der Waals surface area contributed by atoms with Crippen LogP contribution in [0, 0.1) is 0 Å². The molecule has 0 aromatic heterocycles. The Morgan fingerprint density at radius 1 is 0.900 bits per heavy atom. The average Bonchev–Trinajstić information content (AvgIpc) is 2.53. The Bertz CT molecular complexity index is 548. The molecule has 0 aliphatic heterocycles. The molecule has 20 heavy (non-hydrogen) atoms. The molecule has 0 bridgehead atoms. The molecule has 4 nitrogen and oxygen atoms in total. The molecule has 2 aromatic rings. The molecule has 4 heteroatoms. The molecule has 2 aromatic carbocycles. The van der Waals surface area contributed by atoms with Crippen LogP contribution in [0.25, 0.3) is 0 Å². The zero-order valence-electron chi connectivity index (χ0n) is 11.4. The summed E-state index contributed by atoms with van der Waals surface area (Å²) >= 11 is 0. The smallest absolute Gasteiger partial charge is 0.351 e. The number of hydrogen-bond acceptors (Lipinski definition) is 4. The number of methoxy groups -OCH3 is 2. The third-order valence-electron chi connectivity index (χ3n) is 2.83. The van der Waals surface area contributed by atoms with E-state index in [9.17, 15) is 4.79 Å². The van der Waals surface area contributed by atoms with Gasteiger partial charge in [-0.25, -0.2) is 4.79 Å². The number of ether oxygens (including phenoxy) is 3. The van der Waals surface area contributed by atoms with Crippen LogP contribution in [-0.2, 0) is 9.53 Å². The van der Waals surface area contributed by atoms with Crippen LogP contribution in [0.15, 0.2) is 54.6 Å². The summed E-state index contributed by atoms with van der Waals surface area (Å²) in [5, 5.41) is 0. The van der Waals surface area contributed by atoms with Crippen molar-refractivity contribution >= 4 is 5.97 Å². The van der Waals surface area contributed by atoms with Gasteiger partial charge in [0, 0.05) is 5.56 Å². The fraction of sp³-hybridized carbons (Fsp3) is 0.188. The van der Waals surface area contributed by atoms with Crippen LogP contribution in [0.4, 0.5) is 0 Å². The van der Waals surface area contributed by atoms with Gasteiger partial charge >= 0.3 is 5.97 Å². The molecule has 0 spiro atoms. The van der Waals surface area contributed by atoms with Crippen molar-refractivity contribution in [3.05, 3.63) is 60.2 Å². The molecular weight excluding hydrogens is 256 g/mol. The maximum atomic E-state index is 11.9. The Hall–Kier alpha value is -2.49. The minimum absolute atomic E-state index is 0.438. The van der Waals surface area contributed by atoms with Gasteiger partial charge in [0.15, 0.2) is 0 Å². The van der Waals surface area contributed by atoms with Gasteiger partial charge in [-0.1, -0.05) is 30.3 Å². The lowest BCUT2D eigenvalue weighted by molar-refractivity contribution is -0.149. The van der Waals surface area contributed by atoms with E-state index in [-0.39, 0.29) is 0 Å². The van der Waals surface area contributed by atoms with Gasteiger partial charge in [-0.05, 0) is 24.3 Å². The van der Waals surface area contributed by atoms with E-state index in [1.54, 1.807) is 31.4 Å². The van der Waals surface area contributed by atoms with Gasteiger partial charge in [0.05, 0.1) is 14.2 Å². The fourth-order valence-electron chi connectivity index (χ4n) is 1.78. The van der Waals surface area contributed by atoms with Crippen molar-refractivity contribution in [2.45, 2.75) is 6.10 Å². The highest BCUT2D eigenvalue weighted by molar-refractivity contribution is 5.76. The number of carbonyl (C=O) groups is 1. The lowest BCUT2D eigenvalue weighted by Crippen LogP contribution is -2.20. The molecule has 0 aliphatic carbocycles. The molecule has 0 radical (unpaired) electrons. The van der Waals surface area contributed by atoms with Gasteiger partial charge < -0.3 is 14.2 Å². The van der Waals surface area contributed by atoms with Gasteiger partial charge in [0.25, 0.3) is 0 Å². The molecule has 0 saturated heterocycles. The standard InChI is InChI=1S/C16H16O4/c1-18-13-8-10-14(11-9-13)20-15(16(17)19-2)12-6-4-3-5-7-12/h3-11,15H,1-2H3. The first-order chi connectivity index (χ1) is 9.74. The van der Waals surface area contributed by atoms with Crippen LogP contribution in [0.3, 0.4) is 0 Å². The first-order valence-electron chi connectivity index (χ1n) is 6.18. The lowest BCUT2D eigenvalue weighted by atomic mass is 10.1. The molecule has 0 heterocycles. The highest BCUT2D eigenvalue weighted by atomic mass is 16.6. The minimum Gasteiger partial charge on any atom is -0.497 e. The zero-order valence-corrected chi connectivity index (χ0v) is 11.4. The maximum Gasteiger partial charge on any atom is 0.351 e. The largest absolute Gasteiger partial charge is 0.497 e. The summed E-state index contributed by atoms with van der Waals surface area (Å²) in [4.78, 5) is 11.9. The summed E-state index contributed by atoms with van der Waals surface area (Å²) in [5.74, 6) is 0.865. The van der Waals surface area contributed by atoms with Crippen molar-refractivity contribution in [3.63, 3.8) is 0 Å². The van der Waals surface area contributed by atoms with Gasteiger partial charge in [-0.15, -0.1) is 0 Å². The predicted octanol–water partition coefficient (Wildman–Crippen LogP) is 2.99. The number of rotatable bonds is 5. The van der Waals surface area contributed by atoms with Crippen molar-refractivity contribution in [2.24, 2.45) is 0 Å². The van der Waals surface area contributed by atoms with Crippen molar-refractivity contribution in [1.82, 2.24) is 0 Å². The van der Waals surface area contributed by atoms with Crippen molar-refractivity contribution in [2.75, 3.05) is 14.2 Å². The van der Waals surface area contributed by atoms with Crippen molar-refractivity contribution in [1.29, 1.82) is 0 Å². The maximum absolute atomic E-state index is 11.9. The quantitative estimate of drug-likeness (QED) is 0.785. The monoisotopic (exact) mass is 272 g/mol. The summed E-state index contributed by atoms with van der Waals surface area (Å²) in [7, 11) is 2.94. The average molecular weight is 272 g/mol. The minimum atomic E-state index is -0.783. The molecule has 1 unspecified atom stereocenters. The predicted molar refractivity (Wildman–Crippen MR) is 74.8 cm³/mol. The van der Waals surface area contributed by atoms with Crippen molar-refractivity contribution in [3.8, 4) is 11.5 Å². The van der Waals surface area contributed by atoms with E-state index in [1.807, 2.05) is 30.3 Å². The van der Waals surface area contributed by atoms with Crippen LogP contribution in [-0.4, -0.2) is 20.2 Å². The van der Waals surface area contributed by atoms with E-state index >= 15 is 0 Å². The highest BCUT2D eigenvalue weighted by Gasteiger charge is 2.23. The lowest BCUT2D eigenvalue weighted by Gasteiger charge is -2.17. The van der Waals surface area contributed by atoms with E-state index < -0.39 is 12.1 Å². The molecule has 0 aliphatic rings. The number of carbonyl (C=O) groups excluding carboxylic acids is 1. The molecule has 0 N–H and O–H groups in total. The molecular formula is C16H16O4. The molecule has 0 saturated carbocycles. The Morgan fingerprint density at radius 3 is 2.05 bits per heavy atom.